The number of β-amino-alcohol motifs (C(OH)–C–C–N with tert-alkyl or cyclic N) is 1. The Balaban J connectivity index is 1.72. The van der Waals surface area contributed by atoms with E-state index in [0.29, 0.717) is 12.2 Å². The molecule has 0 aliphatic carbocycles. The lowest BCUT2D eigenvalue weighted by molar-refractivity contribution is -0.126. The first-order valence-corrected chi connectivity index (χ1v) is 9.60. The van der Waals surface area contributed by atoms with Gasteiger partial charge in [0.2, 0.25) is 11.8 Å². The Morgan fingerprint density at radius 1 is 1.31 bits per heavy atom. The van der Waals surface area contributed by atoms with Gasteiger partial charge in [-0.2, -0.15) is 0 Å². The Bertz CT molecular complexity index is 626. The second-order valence-electron chi connectivity index (χ2n) is 6.73. The van der Waals surface area contributed by atoms with E-state index in [1.807, 2.05) is 18.2 Å². The zero-order chi connectivity index (χ0) is 19.1. The van der Waals surface area contributed by atoms with Crippen molar-refractivity contribution in [3.8, 4) is 0 Å². The average molecular weight is 427 g/mol. The molecular weight excluding hydrogens is 400 g/mol. The first-order valence-electron chi connectivity index (χ1n) is 8.80. The summed E-state index contributed by atoms with van der Waals surface area (Å²) < 4.78 is 0.795. The van der Waals surface area contributed by atoms with Crippen LogP contribution in [0.2, 0.25) is 0 Å². The van der Waals surface area contributed by atoms with Crippen molar-refractivity contribution >= 4 is 33.4 Å². The van der Waals surface area contributed by atoms with Gasteiger partial charge in [-0.05, 0) is 41.9 Å². The average Bonchev–Trinajstić information content (AvgIpc) is 2.57. The molecule has 0 spiro atoms. The van der Waals surface area contributed by atoms with E-state index in [4.69, 9.17) is 0 Å². The van der Waals surface area contributed by atoms with E-state index in [0.717, 1.165) is 24.1 Å². The van der Waals surface area contributed by atoms with Crippen LogP contribution in [0.3, 0.4) is 0 Å². The first-order chi connectivity index (χ1) is 12.3. The lowest BCUT2D eigenvalue weighted by Crippen LogP contribution is -2.55. The molecule has 144 valence electrons. The molecule has 2 unspecified atom stereocenters. The maximum absolute atomic E-state index is 12.1. The summed E-state index contributed by atoms with van der Waals surface area (Å²) in [6.45, 7) is 7.13. The molecule has 0 saturated carbocycles. The number of para-hydroxylation sites is 1. The molecule has 1 aliphatic rings. The molecule has 2 atom stereocenters. The third-order valence-corrected chi connectivity index (χ3v) is 5.00. The Morgan fingerprint density at radius 2 is 2.04 bits per heavy atom. The van der Waals surface area contributed by atoms with E-state index >= 15 is 0 Å². The topological polar surface area (TPSA) is 84.9 Å². The molecule has 2 rings (SSSR count). The molecule has 0 aromatic heterocycles. The van der Waals surface area contributed by atoms with Gasteiger partial charge in [-0.1, -0.05) is 12.1 Å². The number of carbonyl (C=O) groups excluding carboxylic acids is 2. The van der Waals surface area contributed by atoms with Crippen LogP contribution >= 0.6 is 15.9 Å². The number of aliphatic hydroxyl groups excluding tert-OH is 1. The van der Waals surface area contributed by atoms with E-state index in [2.05, 4.69) is 43.3 Å². The van der Waals surface area contributed by atoms with Gasteiger partial charge in [0.15, 0.2) is 0 Å². The highest BCUT2D eigenvalue weighted by molar-refractivity contribution is 9.10. The largest absolute Gasteiger partial charge is 0.392 e. The summed E-state index contributed by atoms with van der Waals surface area (Å²) in [7, 11) is 0. The molecule has 8 heteroatoms. The fourth-order valence-corrected chi connectivity index (χ4v) is 3.41. The molecule has 26 heavy (non-hydrogen) atoms. The predicted octanol–water partition coefficient (Wildman–Crippen LogP) is 0.891. The van der Waals surface area contributed by atoms with E-state index in [1.54, 1.807) is 13.0 Å². The Morgan fingerprint density at radius 3 is 2.69 bits per heavy atom. The molecule has 7 nitrogen and oxygen atoms in total. The number of nitrogens with zero attached hydrogens (tertiary/aromatic N) is 2. The van der Waals surface area contributed by atoms with Crippen molar-refractivity contribution in [2.45, 2.75) is 26.0 Å². The molecule has 2 amide bonds. The number of anilines is 1. The van der Waals surface area contributed by atoms with Gasteiger partial charge in [-0.15, -0.1) is 0 Å². The quantitative estimate of drug-likeness (QED) is 0.602. The molecule has 1 fully saturated rings. The summed E-state index contributed by atoms with van der Waals surface area (Å²) in [5.74, 6) is -0.428. The minimum atomic E-state index is -0.347. The number of carbonyl (C=O) groups is 2. The fraction of sp³-hybridized carbons (Fsp3) is 0.556. The number of benzene rings is 1. The normalized spacial score (nSPS) is 19.8. The minimum Gasteiger partial charge on any atom is -0.392 e. The highest BCUT2D eigenvalue weighted by atomic mass is 79.9. The van der Waals surface area contributed by atoms with Gasteiger partial charge in [-0.25, -0.2) is 0 Å². The molecule has 1 saturated heterocycles. The maximum Gasteiger partial charge on any atom is 0.243 e. The number of aliphatic hydroxyl groups is 1. The molecule has 1 aromatic carbocycles. The van der Waals surface area contributed by atoms with E-state index < -0.39 is 0 Å². The van der Waals surface area contributed by atoms with Gasteiger partial charge in [0.25, 0.3) is 0 Å². The number of nitrogens with one attached hydrogen (secondary N) is 2. The highest BCUT2D eigenvalue weighted by Crippen LogP contribution is 2.20. The zero-order valence-corrected chi connectivity index (χ0v) is 16.8. The Labute approximate surface area is 162 Å². The van der Waals surface area contributed by atoms with Crippen LogP contribution in [0.25, 0.3) is 0 Å². The zero-order valence-electron chi connectivity index (χ0n) is 15.2. The third-order valence-electron chi connectivity index (χ3n) is 4.31. The van der Waals surface area contributed by atoms with Crippen molar-refractivity contribution in [1.82, 2.24) is 15.1 Å². The second-order valence-corrected chi connectivity index (χ2v) is 7.59. The summed E-state index contributed by atoms with van der Waals surface area (Å²) in [6.07, 6.45) is -0.347. The van der Waals surface area contributed by atoms with Crippen LogP contribution in [0, 0.1) is 0 Å². The molecule has 3 N–H and O–H groups in total. The number of hydrogen-bond donors (Lipinski definition) is 3. The lowest BCUT2D eigenvalue weighted by Gasteiger charge is -2.39. The fourth-order valence-electron chi connectivity index (χ4n) is 3.02. The van der Waals surface area contributed by atoms with Crippen LogP contribution in [0.1, 0.15) is 13.8 Å². The van der Waals surface area contributed by atoms with Gasteiger partial charge < -0.3 is 15.7 Å². The van der Waals surface area contributed by atoms with Crippen LogP contribution in [0.4, 0.5) is 5.69 Å². The summed E-state index contributed by atoms with van der Waals surface area (Å²) in [5.41, 5.74) is 0.676. The maximum atomic E-state index is 12.1. The van der Waals surface area contributed by atoms with Crippen LogP contribution in [0.5, 0.6) is 0 Å². The van der Waals surface area contributed by atoms with Crippen LogP contribution in [-0.2, 0) is 9.59 Å². The van der Waals surface area contributed by atoms with Gasteiger partial charge in [0, 0.05) is 36.7 Å². The SMILES string of the molecule is CC(O)CN1CCN(CC(=O)NCC(=O)Nc2ccccc2Br)C(C)C1. The molecule has 0 bridgehead atoms. The van der Waals surface area contributed by atoms with Crippen LogP contribution < -0.4 is 10.6 Å². The number of hydrogen-bond acceptors (Lipinski definition) is 5. The Kier molecular flexibility index (Phi) is 8.02. The Hall–Kier alpha value is -1.48. The molecular formula is C18H27BrN4O3. The first kappa shape index (κ1) is 20.8. The van der Waals surface area contributed by atoms with Gasteiger partial charge in [0.05, 0.1) is 24.9 Å². The van der Waals surface area contributed by atoms with Crippen molar-refractivity contribution in [2.75, 3.05) is 44.6 Å². The summed E-state index contributed by atoms with van der Waals surface area (Å²) >= 11 is 3.37. The van der Waals surface area contributed by atoms with E-state index in [-0.39, 0.29) is 37.0 Å². The number of amides is 2. The van der Waals surface area contributed by atoms with Gasteiger partial charge in [0.1, 0.15) is 0 Å². The minimum absolute atomic E-state index is 0.0590. The summed E-state index contributed by atoms with van der Waals surface area (Å²) in [4.78, 5) is 28.4. The smallest absolute Gasteiger partial charge is 0.243 e. The summed E-state index contributed by atoms with van der Waals surface area (Å²) in [5, 5.41) is 14.9. The van der Waals surface area contributed by atoms with Crippen molar-refractivity contribution in [3.63, 3.8) is 0 Å². The van der Waals surface area contributed by atoms with Crippen LogP contribution in [0.15, 0.2) is 28.7 Å². The summed E-state index contributed by atoms with van der Waals surface area (Å²) in [6, 6.07) is 7.55. The number of piperazine rings is 1. The lowest BCUT2D eigenvalue weighted by atomic mass is 10.1. The van der Waals surface area contributed by atoms with Crippen molar-refractivity contribution in [3.05, 3.63) is 28.7 Å². The highest BCUT2D eigenvalue weighted by Gasteiger charge is 2.25. The van der Waals surface area contributed by atoms with E-state index in [9.17, 15) is 14.7 Å². The monoisotopic (exact) mass is 426 g/mol. The van der Waals surface area contributed by atoms with Crippen molar-refractivity contribution in [1.29, 1.82) is 0 Å². The van der Waals surface area contributed by atoms with Gasteiger partial charge >= 0.3 is 0 Å². The molecule has 0 radical (unpaired) electrons. The number of halogens is 1. The van der Waals surface area contributed by atoms with Crippen molar-refractivity contribution in [2.24, 2.45) is 0 Å². The standard InChI is InChI=1S/C18H27BrN4O3/c1-13-10-22(11-14(2)24)7-8-23(13)12-18(26)20-9-17(25)21-16-6-4-3-5-15(16)19/h3-6,13-14,24H,7-12H2,1-2H3,(H,20,26)(H,21,25). The van der Waals surface area contributed by atoms with Crippen LogP contribution in [-0.4, -0.2) is 78.1 Å². The van der Waals surface area contributed by atoms with E-state index in [1.165, 1.54) is 0 Å². The molecule has 1 aliphatic heterocycles. The van der Waals surface area contributed by atoms with Crippen molar-refractivity contribution < 1.29 is 14.7 Å². The molecule has 1 heterocycles. The van der Waals surface area contributed by atoms with Gasteiger partial charge in [-0.3, -0.25) is 19.4 Å². The molecule has 1 aromatic rings. The third kappa shape index (κ3) is 6.68. The second kappa shape index (κ2) is 10.0. The predicted molar refractivity (Wildman–Crippen MR) is 105 cm³/mol. The number of rotatable bonds is 7.